The SMILES string of the molecule is CCOC(=O)c1cc(-c2ccc(F)c(Cl)c2)c(-c2cc(F)cc(C#N)c2)s1. The van der Waals surface area contributed by atoms with E-state index in [-0.39, 0.29) is 17.2 Å². The summed E-state index contributed by atoms with van der Waals surface area (Å²) in [6.07, 6.45) is 0. The second kappa shape index (κ2) is 7.87. The number of nitriles is 1. The molecule has 0 saturated carbocycles. The fourth-order valence-corrected chi connectivity index (χ4v) is 3.81. The minimum Gasteiger partial charge on any atom is -0.462 e. The van der Waals surface area contributed by atoms with E-state index >= 15 is 0 Å². The van der Waals surface area contributed by atoms with Crippen LogP contribution in [-0.4, -0.2) is 12.6 Å². The summed E-state index contributed by atoms with van der Waals surface area (Å²) < 4.78 is 32.5. The van der Waals surface area contributed by atoms with Gasteiger partial charge in [-0.2, -0.15) is 5.26 Å². The van der Waals surface area contributed by atoms with E-state index in [0.29, 0.717) is 26.4 Å². The van der Waals surface area contributed by atoms with Gasteiger partial charge >= 0.3 is 5.97 Å². The van der Waals surface area contributed by atoms with Gasteiger partial charge in [-0.05, 0) is 54.4 Å². The van der Waals surface area contributed by atoms with Crippen LogP contribution in [-0.2, 0) is 4.74 Å². The minimum absolute atomic E-state index is 0.0701. The Morgan fingerprint density at radius 1 is 1.19 bits per heavy atom. The van der Waals surface area contributed by atoms with Gasteiger partial charge in [-0.1, -0.05) is 17.7 Å². The number of rotatable bonds is 4. The Bertz CT molecular complexity index is 1070. The molecule has 2 aromatic carbocycles. The minimum atomic E-state index is -0.571. The maximum Gasteiger partial charge on any atom is 0.348 e. The van der Waals surface area contributed by atoms with Gasteiger partial charge in [0.05, 0.1) is 23.3 Å². The maximum atomic E-state index is 13.9. The molecular formula is C20H12ClF2NO2S. The molecule has 3 rings (SSSR count). The van der Waals surface area contributed by atoms with Gasteiger partial charge in [0.1, 0.15) is 16.5 Å². The van der Waals surface area contributed by atoms with E-state index in [0.717, 1.165) is 17.4 Å². The van der Waals surface area contributed by atoms with Crippen LogP contribution in [0.25, 0.3) is 21.6 Å². The third kappa shape index (κ3) is 4.00. The Morgan fingerprint density at radius 3 is 2.63 bits per heavy atom. The van der Waals surface area contributed by atoms with Gasteiger partial charge in [-0.15, -0.1) is 11.3 Å². The number of hydrogen-bond acceptors (Lipinski definition) is 4. The zero-order valence-electron chi connectivity index (χ0n) is 14.1. The second-order valence-electron chi connectivity index (χ2n) is 5.54. The number of carbonyl (C=O) groups is 1. The maximum absolute atomic E-state index is 13.9. The highest BCUT2D eigenvalue weighted by Gasteiger charge is 2.19. The van der Waals surface area contributed by atoms with Crippen LogP contribution in [0.1, 0.15) is 22.2 Å². The van der Waals surface area contributed by atoms with Crippen molar-refractivity contribution in [3.8, 4) is 27.6 Å². The zero-order valence-corrected chi connectivity index (χ0v) is 15.6. The molecular weight excluding hydrogens is 392 g/mol. The fraction of sp³-hybridized carbons (Fsp3) is 0.100. The van der Waals surface area contributed by atoms with Crippen LogP contribution in [0.4, 0.5) is 8.78 Å². The summed E-state index contributed by atoms with van der Waals surface area (Å²) in [5, 5.41) is 9.03. The van der Waals surface area contributed by atoms with Crippen molar-refractivity contribution in [3.05, 3.63) is 69.6 Å². The average Bonchev–Trinajstić information content (AvgIpc) is 3.09. The summed E-state index contributed by atoms with van der Waals surface area (Å²) in [5.74, 6) is -1.65. The van der Waals surface area contributed by atoms with E-state index in [1.165, 1.54) is 30.3 Å². The van der Waals surface area contributed by atoms with Crippen molar-refractivity contribution in [1.29, 1.82) is 5.26 Å². The molecule has 0 unspecified atom stereocenters. The first kappa shape index (κ1) is 19.0. The van der Waals surface area contributed by atoms with Gasteiger partial charge in [-0.25, -0.2) is 13.6 Å². The molecule has 0 aliphatic rings. The standard InChI is InChI=1S/C20H12ClF2NO2S/c1-2-26-20(25)18-9-15(12-3-4-17(23)16(21)8-12)19(27-18)13-5-11(10-24)6-14(22)7-13/h3-9H,2H2,1H3. The molecule has 0 aliphatic carbocycles. The third-order valence-corrected chi connectivity index (χ3v) is 5.18. The lowest BCUT2D eigenvalue weighted by molar-refractivity contribution is 0.0532. The van der Waals surface area contributed by atoms with E-state index in [1.807, 2.05) is 6.07 Å². The molecule has 136 valence electrons. The van der Waals surface area contributed by atoms with Gasteiger partial charge in [-0.3, -0.25) is 0 Å². The van der Waals surface area contributed by atoms with Crippen molar-refractivity contribution in [2.75, 3.05) is 6.61 Å². The zero-order chi connectivity index (χ0) is 19.6. The fourth-order valence-electron chi connectivity index (χ4n) is 2.57. The predicted molar refractivity (Wildman–Crippen MR) is 101 cm³/mol. The predicted octanol–water partition coefficient (Wildman–Crippen LogP) is 6.06. The van der Waals surface area contributed by atoms with Crippen molar-refractivity contribution in [3.63, 3.8) is 0 Å². The molecule has 0 fully saturated rings. The van der Waals surface area contributed by atoms with E-state index < -0.39 is 17.6 Å². The molecule has 0 atom stereocenters. The molecule has 0 amide bonds. The molecule has 0 N–H and O–H groups in total. The summed E-state index contributed by atoms with van der Waals surface area (Å²) in [5.41, 5.74) is 1.71. The van der Waals surface area contributed by atoms with E-state index in [2.05, 4.69) is 0 Å². The monoisotopic (exact) mass is 403 g/mol. The third-order valence-electron chi connectivity index (χ3n) is 3.73. The molecule has 0 aliphatic heterocycles. The van der Waals surface area contributed by atoms with E-state index in [4.69, 9.17) is 21.6 Å². The molecule has 27 heavy (non-hydrogen) atoms. The number of halogens is 3. The molecule has 0 spiro atoms. The van der Waals surface area contributed by atoms with Crippen molar-refractivity contribution in [1.82, 2.24) is 0 Å². The van der Waals surface area contributed by atoms with Crippen LogP contribution in [0.15, 0.2) is 42.5 Å². The second-order valence-corrected chi connectivity index (χ2v) is 7.00. The van der Waals surface area contributed by atoms with E-state index in [1.54, 1.807) is 13.0 Å². The largest absolute Gasteiger partial charge is 0.462 e. The van der Waals surface area contributed by atoms with Gasteiger partial charge in [0.15, 0.2) is 0 Å². The molecule has 0 radical (unpaired) electrons. The highest BCUT2D eigenvalue weighted by atomic mass is 35.5. The van der Waals surface area contributed by atoms with Crippen LogP contribution < -0.4 is 0 Å². The first-order chi connectivity index (χ1) is 12.9. The number of carbonyl (C=O) groups excluding carboxylic acids is 1. The lowest BCUT2D eigenvalue weighted by Gasteiger charge is -2.06. The summed E-state index contributed by atoms with van der Waals surface area (Å²) in [6.45, 7) is 1.90. The number of esters is 1. The first-order valence-corrected chi connectivity index (χ1v) is 9.09. The number of benzene rings is 2. The van der Waals surface area contributed by atoms with Crippen LogP contribution in [0.3, 0.4) is 0 Å². The lowest BCUT2D eigenvalue weighted by Crippen LogP contribution is -2.01. The number of ether oxygens (including phenoxy) is 1. The first-order valence-electron chi connectivity index (χ1n) is 7.90. The number of thiophene rings is 1. The molecule has 0 saturated heterocycles. The van der Waals surface area contributed by atoms with E-state index in [9.17, 15) is 13.6 Å². The topological polar surface area (TPSA) is 50.1 Å². The Hall–Kier alpha value is -2.75. The summed E-state index contributed by atoms with van der Waals surface area (Å²) in [4.78, 5) is 13.0. The number of nitrogens with zero attached hydrogens (tertiary/aromatic N) is 1. The molecule has 3 aromatic rings. The number of hydrogen-bond donors (Lipinski definition) is 0. The Labute approximate surface area is 163 Å². The lowest BCUT2D eigenvalue weighted by atomic mass is 10.0. The van der Waals surface area contributed by atoms with Crippen LogP contribution >= 0.6 is 22.9 Å². The molecule has 1 aromatic heterocycles. The summed E-state index contributed by atoms with van der Waals surface area (Å²) in [6, 6.07) is 11.6. The normalized spacial score (nSPS) is 10.5. The van der Waals surface area contributed by atoms with Gasteiger partial charge < -0.3 is 4.74 Å². The van der Waals surface area contributed by atoms with Crippen molar-refractivity contribution in [2.24, 2.45) is 0 Å². The van der Waals surface area contributed by atoms with Crippen LogP contribution in [0.2, 0.25) is 5.02 Å². The van der Waals surface area contributed by atoms with Crippen molar-refractivity contribution in [2.45, 2.75) is 6.92 Å². The van der Waals surface area contributed by atoms with Gasteiger partial charge in [0.2, 0.25) is 0 Å². The molecule has 3 nitrogen and oxygen atoms in total. The average molecular weight is 404 g/mol. The Kier molecular flexibility index (Phi) is 5.54. The van der Waals surface area contributed by atoms with Crippen molar-refractivity contribution < 1.29 is 18.3 Å². The van der Waals surface area contributed by atoms with Crippen molar-refractivity contribution >= 4 is 28.9 Å². The van der Waals surface area contributed by atoms with Crippen LogP contribution in [0, 0.1) is 23.0 Å². The highest BCUT2D eigenvalue weighted by molar-refractivity contribution is 7.18. The van der Waals surface area contributed by atoms with Crippen LogP contribution in [0.5, 0.6) is 0 Å². The molecule has 0 bridgehead atoms. The summed E-state index contributed by atoms with van der Waals surface area (Å²) in [7, 11) is 0. The smallest absolute Gasteiger partial charge is 0.348 e. The quantitative estimate of drug-likeness (QED) is 0.497. The molecule has 7 heteroatoms. The Morgan fingerprint density at radius 2 is 1.96 bits per heavy atom. The molecule has 1 heterocycles. The van der Waals surface area contributed by atoms with Gasteiger partial charge in [0, 0.05) is 10.4 Å². The Balaban J connectivity index is 2.22. The summed E-state index contributed by atoms with van der Waals surface area (Å²) >= 11 is 6.99. The van der Waals surface area contributed by atoms with Gasteiger partial charge in [0.25, 0.3) is 0 Å². The highest BCUT2D eigenvalue weighted by Crippen LogP contribution is 2.41.